The Morgan fingerprint density at radius 3 is 2.57 bits per heavy atom. The van der Waals surface area contributed by atoms with Crippen LogP contribution in [-0.4, -0.2) is 44.3 Å². The topological polar surface area (TPSA) is 86.2 Å². The van der Waals surface area contributed by atoms with Gasteiger partial charge in [0.25, 0.3) is 11.4 Å². The van der Waals surface area contributed by atoms with E-state index in [4.69, 9.17) is 4.52 Å². The number of aromatic nitrogens is 4. The highest BCUT2D eigenvalue weighted by atomic mass is 16.5. The fourth-order valence-electron chi connectivity index (χ4n) is 2.90. The second kappa shape index (κ2) is 6.11. The summed E-state index contributed by atoms with van der Waals surface area (Å²) in [6.07, 6.45) is 2.99. The van der Waals surface area contributed by atoms with Crippen LogP contribution in [0.25, 0.3) is 11.6 Å². The summed E-state index contributed by atoms with van der Waals surface area (Å²) >= 11 is 0. The van der Waals surface area contributed by atoms with E-state index in [-0.39, 0.29) is 5.89 Å². The molecule has 3 rings (SSSR count). The lowest BCUT2D eigenvalue weighted by atomic mass is 9.94. The van der Waals surface area contributed by atoms with Crippen molar-refractivity contribution in [1.29, 1.82) is 0 Å². The van der Waals surface area contributed by atoms with Gasteiger partial charge in [-0.3, -0.25) is 13.9 Å². The number of hydrogen-bond donors (Lipinski definition) is 0. The molecule has 2 aromatic rings. The van der Waals surface area contributed by atoms with Crippen molar-refractivity contribution in [2.75, 3.05) is 20.1 Å². The van der Waals surface area contributed by atoms with Crippen molar-refractivity contribution >= 4 is 0 Å². The lowest BCUT2D eigenvalue weighted by Gasteiger charge is -2.27. The van der Waals surface area contributed by atoms with Crippen LogP contribution in [0, 0.1) is 5.92 Å². The van der Waals surface area contributed by atoms with Crippen molar-refractivity contribution in [1.82, 2.24) is 24.2 Å². The molecule has 0 amide bonds. The third-order valence-corrected chi connectivity index (χ3v) is 4.52. The standard InChI is InChI=1S/C15H21N5O3/c1-18-6-4-10(5-7-18)8-12-16-14(23-17-12)11-9-13(21)20(3)15(22)19(11)2/h9-10H,4-8H2,1-3H3. The van der Waals surface area contributed by atoms with Crippen molar-refractivity contribution in [2.45, 2.75) is 19.3 Å². The van der Waals surface area contributed by atoms with E-state index in [9.17, 15) is 9.59 Å². The van der Waals surface area contributed by atoms with E-state index in [0.29, 0.717) is 17.4 Å². The highest BCUT2D eigenvalue weighted by molar-refractivity contribution is 5.45. The highest BCUT2D eigenvalue weighted by Crippen LogP contribution is 2.21. The van der Waals surface area contributed by atoms with E-state index in [0.717, 1.165) is 36.9 Å². The lowest BCUT2D eigenvalue weighted by Crippen LogP contribution is -2.37. The number of likely N-dealkylation sites (tertiary alicyclic amines) is 1. The molecule has 0 atom stereocenters. The minimum Gasteiger partial charge on any atom is -0.332 e. The third kappa shape index (κ3) is 3.12. The minimum absolute atomic E-state index is 0.213. The molecule has 8 nitrogen and oxygen atoms in total. The predicted octanol–water partition coefficient (Wildman–Crippen LogP) is 0.0183. The molecule has 0 aliphatic carbocycles. The third-order valence-electron chi connectivity index (χ3n) is 4.52. The molecule has 0 radical (unpaired) electrons. The number of hydrogen-bond acceptors (Lipinski definition) is 6. The molecule has 0 unspecified atom stereocenters. The van der Waals surface area contributed by atoms with Crippen LogP contribution in [0.15, 0.2) is 20.2 Å². The van der Waals surface area contributed by atoms with Gasteiger partial charge < -0.3 is 9.42 Å². The molecule has 0 N–H and O–H groups in total. The van der Waals surface area contributed by atoms with Gasteiger partial charge in [0.15, 0.2) is 5.82 Å². The summed E-state index contributed by atoms with van der Waals surface area (Å²) in [6, 6.07) is 1.34. The molecule has 3 heterocycles. The Morgan fingerprint density at radius 1 is 1.17 bits per heavy atom. The molecule has 1 aliphatic heterocycles. The second-order valence-electron chi connectivity index (χ2n) is 6.23. The molecule has 0 bridgehead atoms. The molecule has 0 spiro atoms. The first-order valence-electron chi connectivity index (χ1n) is 7.74. The molecule has 1 saturated heterocycles. The van der Waals surface area contributed by atoms with E-state index >= 15 is 0 Å². The Hall–Kier alpha value is -2.22. The zero-order chi connectivity index (χ0) is 16.6. The zero-order valence-corrected chi connectivity index (χ0v) is 13.7. The van der Waals surface area contributed by atoms with Crippen LogP contribution in [0.4, 0.5) is 0 Å². The number of piperidine rings is 1. The average molecular weight is 319 g/mol. The average Bonchev–Trinajstić information content (AvgIpc) is 2.99. The van der Waals surface area contributed by atoms with Crippen LogP contribution < -0.4 is 11.2 Å². The summed E-state index contributed by atoms with van der Waals surface area (Å²) in [6.45, 7) is 2.16. The first kappa shape index (κ1) is 15.7. The molecule has 2 aromatic heterocycles. The van der Waals surface area contributed by atoms with E-state index in [1.54, 1.807) is 7.05 Å². The van der Waals surface area contributed by atoms with Crippen LogP contribution in [-0.2, 0) is 20.5 Å². The summed E-state index contributed by atoms with van der Waals surface area (Å²) in [4.78, 5) is 30.4. The Kier molecular flexibility index (Phi) is 4.16. The lowest BCUT2D eigenvalue weighted by molar-refractivity contribution is 0.216. The first-order valence-corrected chi connectivity index (χ1v) is 7.74. The maximum atomic E-state index is 12.0. The summed E-state index contributed by atoms with van der Waals surface area (Å²) in [5.41, 5.74) is -0.457. The van der Waals surface area contributed by atoms with Crippen LogP contribution >= 0.6 is 0 Å². The Bertz CT molecular complexity index is 811. The van der Waals surface area contributed by atoms with Crippen molar-refractivity contribution in [2.24, 2.45) is 20.0 Å². The van der Waals surface area contributed by atoms with E-state index in [1.165, 1.54) is 17.7 Å². The molecule has 0 saturated carbocycles. The predicted molar refractivity (Wildman–Crippen MR) is 84.1 cm³/mol. The fourth-order valence-corrected chi connectivity index (χ4v) is 2.90. The van der Waals surface area contributed by atoms with Gasteiger partial charge in [-0.15, -0.1) is 0 Å². The zero-order valence-electron chi connectivity index (χ0n) is 13.7. The van der Waals surface area contributed by atoms with Crippen molar-refractivity contribution in [3.05, 3.63) is 32.7 Å². The summed E-state index contributed by atoms with van der Waals surface area (Å²) in [7, 11) is 5.14. The molecule has 1 aliphatic rings. The number of rotatable bonds is 3. The van der Waals surface area contributed by atoms with Crippen LogP contribution in [0.1, 0.15) is 18.7 Å². The van der Waals surface area contributed by atoms with Gasteiger partial charge in [-0.2, -0.15) is 4.98 Å². The van der Waals surface area contributed by atoms with E-state index in [2.05, 4.69) is 22.1 Å². The smallest absolute Gasteiger partial charge is 0.331 e. The van der Waals surface area contributed by atoms with Gasteiger partial charge in [-0.25, -0.2) is 4.79 Å². The molecule has 1 fully saturated rings. The number of nitrogens with zero attached hydrogens (tertiary/aromatic N) is 5. The van der Waals surface area contributed by atoms with E-state index < -0.39 is 11.2 Å². The largest absolute Gasteiger partial charge is 0.332 e. The molecule has 8 heteroatoms. The molecular formula is C15H21N5O3. The fraction of sp³-hybridized carbons (Fsp3) is 0.600. The highest BCUT2D eigenvalue weighted by Gasteiger charge is 2.21. The summed E-state index contributed by atoms with van der Waals surface area (Å²) in [5.74, 6) is 1.39. The molecular weight excluding hydrogens is 298 g/mol. The maximum Gasteiger partial charge on any atom is 0.331 e. The van der Waals surface area contributed by atoms with Crippen molar-refractivity contribution in [3.63, 3.8) is 0 Å². The maximum absolute atomic E-state index is 12.0. The Morgan fingerprint density at radius 2 is 1.87 bits per heavy atom. The molecule has 23 heavy (non-hydrogen) atoms. The van der Waals surface area contributed by atoms with Crippen LogP contribution in [0.2, 0.25) is 0 Å². The van der Waals surface area contributed by atoms with Crippen LogP contribution in [0.3, 0.4) is 0 Å². The van der Waals surface area contributed by atoms with Crippen molar-refractivity contribution in [3.8, 4) is 11.6 Å². The monoisotopic (exact) mass is 319 g/mol. The minimum atomic E-state index is -0.414. The van der Waals surface area contributed by atoms with Gasteiger partial charge in [-0.1, -0.05) is 5.16 Å². The van der Waals surface area contributed by atoms with Crippen molar-refractivity contribution < 1.29 is 4.52 Å². The van der Waals surface area contributed by atoms with Gasteiger partial charge in [0.2, 0.25) is 0 Å². The quantitative estimate of drug-likeness (QED) is 0.793. The van der Waals surface area contributed by atoms with Gasteiger partial charge in [-0.05, 0) is 38.9 Å². The summed E-state index contributed by atoms with van der Waals surface area (Å²) < 4.78 is 7.65. The van der Waals surface area contributed by atoms with Gasteiger partial charge in [0, 0.05) is 26.6 Å². The normalized spacial score (nSPS) is 16.8. The van der Waals surface area contributed by atoms with Gasteiger partial charge >= 0.3 is 5.69 Å². The molecule has 124 valence electrons. The first-order chi connectivity index (χ1) is 11.0. The second-order valence-corrected chi connectivity index (χ2v) is 6.23. The SMILES string of the molecule is CN1CCC(Cc2noc(-c3cc(=O)n(C)c(=O)n3C)n2)CC1. The Balaban J connectivity index is 1.83. The summed E-state index contributed by atoms with van der Waals surface area (Å²) in [5, 5.41) is 4.00. The van der Waals surface area contributed by atoms with Gasteiger partial charge in [0.05, 0.1) is 0 Å². The Labute approximate surface area is 133 Å². The van der Waals surface area contributed by atoms with E-state index in [1.807, 2.05) is 0 Å². The van der Waals surface area contributed by atoms with Crippen LogP contribution in [0.5, 0.6) is 0 Å². The van der Waals surface area contributed by atoms with Gasteiger partial charge in [0.1, 0.15) is 5.69 Å². The molecule has 0 aromatic carbocycles.